The summed E-state index contributed by atoms with van der Waals surface area (Å²) in [6, 6.07) is 10.6. The van der Waals surface area contributed by atoms with E-state index in [1.165, 1.54) is 11.8 Å². The molecule has 31 heavy (non-hydrogen) atoms. The average molecular weight is 446 g/mol. The van der Waals surface area contributed by atoms with E-state index in [2.05, 4.69) is 15.3 Å². The number of amides is 1. The summed E-state index contributed by atoms with van der Waals surface area (Å²) in [5.41, 5.74) is 0.913. The molecule has 1 amide bonds. The Morgan fingerprint density at radius 2 is 1.61 bits per heavy atom. The third-order valence-electron chi connectivity index (χ3n) is 3.81. The first-order valence-electron chi connectivity index (χ1n) is 10.1. The highest BCUT2D eigenvalue weighted by Crippen LogP contribution is 2.22. The van der Waals surface area contributed by atoms with E-state index in [9.17, 15) is 9.59 Å². The van der Waals surface area contributed by atoms with Crippen molar-refractivity contribution in [2.75, 3.05) is 6.26 Å². The molecule has 0 bridgehead atoms. The van der Waals surface area contributed by atoms with E-state index in [1.807, 2.05) is 42.7 Å². The van der Waals surface area contributed by atoms with Crippen LogP contribution in [0.5, 0.6) is 0 Å². The summed E-state index contributed by atoms with van der Waals surface area (Å²) in [6.07, 6.45) is 1.34. The monoisotopic (exact) mass is 445 g/mol. The Balaban J connectivity index is 2.34. The molecule has 1 aromatic carbocycles. The van der Waals surface area contributed by atoms with Gasteiger partial charge in [0.1, 0.15) is 17.2 Å². The van der Waals surface area contributed by atoms with E-state index in [0.29, 0.717) is 10.9 Å². The minimum absolute atomic E-state index is 0.143. The van der Waals surface area contributed by atoms with Crippen LogP contribution in [0.3, 0.4) is 0 Å². The fourth-order valence-electron chi connectivity index (χ4n) is 2.65. The minimum Gasteiger partial charge on any atom is -0.458 e. The SMILES string of the molecule is CSc1nc(CC(NC(=O)OC(C)(C)C)C(=O)OC(C)(C)C)cc(-c2ccccc2)n1. The van der Waals surface area contributed by atoms with E-state index in [0.717, 1.165) is 11.3 Å². The normalized spacial score (nSPS) is 12.7. The van der Waals surface area contributed by atoms with Crippen molar-refractivity contribution in [3.8, 4) is 11.3 Å². The number of esters is 1. The molecule has 0 aliphatic heterocycles. The van der Waals surface area contributed by atoms with Gasteiger partial charge in [0.15, 0.2) is 5.16 Å². The molecule has 1 atom stereocenters. The van der Waals surface area contributed by atoms with Crippen LogP contribution in [-0.2, 0) is 20.7 Å². The quantitative estimate of drug-likeness (QED) is 0.393. The summed E-state index contributed by atoms with van der Waals surface area (Å²) in [5.74, 6) is -0.552. The summed E-state index contributed by atoms with van der Waals surface area (Å²) < 4.78 is 10.8. The number of alkyl carbamates (subject to hydrolysis) is 1. The van der Waals surface area contributed by atoms with Gasteiger partial charge in [-0.3, -0.25) is 0 Å². The minimum atomic E-state index is -0.956. The van der Waals surface area contributed by atoms with Crippen LogP contribution in [0, 0.1) is 0 Å². The largest absolute Gasteiger partial charge is 0.458 e. The van der Waals surface area contributed by atoms with E-state index in [-0.39, 0.29) is 6.42 Å². The van der Waals surface area contributed by atoms with Crippen molar-refractivity contribution in [3.63, 3.8) is 0 Å². The number of thioether (sulfide) groups is 1. The molecule has 7 nitrogen and oxygen atoms in total. The van der Waals surface area contributed by atoms with Crippen LogP contribution in [0.15, 0.2) is 41.6 Å². The number of rotatable bonds is 6. The molecule has 0 aliphatic carbocycles. The Kier molecular flexibility index (Phi) is 8.06. The molecule has 0 fully saturated rings. The highest BCUT2D eigenvalue weighted by Gasteiger charge is 2.29. The second kappa shape index (κ2) is 10.1. The maximum atomic E-state index is 12.8. The fourth-order valence-corrected chi connectivity index (χ4v) is 3.05. The zero-order valence-electron chi connectivity index (χ0n) is 19.2. The molecule has 2 aromatic rings. The topological polar surface area (TPSA) is 90.4 Å². The summed E-state index contributed by atoms with van der Waals surface area (Å²) in [4.78, 5) is 34.3. The van der Waals surface area contributed by atoms with Crippen molar-refractivity contribution in [2.24, 2.45) is 0 Å². The molecule has 0 saturated carbocycles. The number of ether oxygens (including phenoxy) is 2. The van der Waals surface area contributed by atoms with E-state index < -0.39 is 29.3 Å². The Bertz CT molecular complexity index is 905. The maximum Gasteiger partial charge on any atom is 0.408 e. The van der Waals surface area contributed by atoms with Gasteiger partial charge >= 0.3 is 12.1 Å². The lowest BCUT2D eigenvalue weighted by atomic mass is 10.1. The third-order valence-corrected chi connectivity index (χ3v) is 4.35. The Hall–Kier alpha value is -2.61. The number of carbonyl (C=O) groups is 2. The Labute approximate surface area is 188 Å². The first-order chi connectivity index (χ1) is 14.4. The molecule has 0 aliphatic rings. The van der Waals surface area contributed by atoms with E-state index >= 15 is 0 Å². The predicted molar refractivity (Wildman–Crippen MR) is 122 cm³/mol. The molecule has 1 N–H and O–H groups in total. The van der Waals surface area contributed by atoms with Crippen molar-refractivity contribution in [1.82, 2.24) is 15.3 Å². The maximum absolute atomic E-state index is 12.8. The van der Waals surface area contributed by atoms with Crippen LogP contribution in [0.25, 0.3) is 11.3 Å². The number of benzene rings is 1. The van der Waals surface area contributed by atoms with E-state index in [4.69, 9.17) is 9.47 Å². The second-order valence-electron chi connectivity index (χ2n) is 9.03. The van der Waals surface area contributed by atoms with Crippen LogP contribution < -0.4 is 5.32 Å². The summed E-state index contributed by atoms with van der Waals surface area (Å²) in [6.45, 7) is 10.6. The number of nitrogens with one attached hydrogen (secondary N) is 1. The van der Waals surface area contributed by atoms with Gasteiger partial charge in [-0.1, -0.05) is 42.1 Å². The summed E-state index contributed by atoms with van der Waals surface area (Å²) in [5, 5.41) is 3.22. The molecule has 168 valence electrons. The van der Waals surface area contributed by atoms with Crippen LogP contribution in [0.2, 0.25) is 0 Å². The van der Waals surface area contributed by atoms with Crippen LogP contribution in [0.1, 0.15) is 47.2 Å². The van der Waals surface area contributed by atoms with Crippen LogP contribution in [-0.4, -0.2) is 45.5 Å². The molecule has 1 aromatic heterocycles. The molecular weight excluding hydrogens is 414 g/mol. The second-order valence-corrected chi connectivity index (χ2v) is 9.81. The predicted octanol–water partition coefficient (Wildman–Crippen LogP) is 4.64. The zero-order valence-corrected chi connectivity index (χ0v) is 20.0. The van der Waals surface area contributed by atoms with Crippen LogP contribution >= 0.6 is 11.8 Å². The average Bonchev–Trinajstić information content (AvgIpc) is 2.65. The van der Waals surface area contributed by atoms with Gasteiger partial charge in [-0.05, 0) is 53.9 Å². The molecule has 1 unspecified atom stereocenters. The summed E-state index contributed by atoms with van der Waals surface area (Å²) >= 11 is 1.41. The number of hydrogen-bond acceptors (Lipinski definition) is 7. The first kappa shape index (κ1) is 24.7. The number of hydrogen-bond donors (Lipinski definition) is 1. The first-order valence-corrected chi connectivity index (χ1v) is 11.3. The van der Waals surface area contributed by atoms with Crippen molar-refractivity contribution >= 4 is 23.8 Å². The van der Waals surface area contributed by atoms with Crippen molar-refractivity contribution in [3.05, 3.63) is 42.1 Å². The van der Waals surface area contributed by atoms with Gasteiger partial charge in [0.2, 0.25) is 0 Å². The number of aromatic nitrogens is 2. The Morgan fingerprint density at radius 3 is 2.16 bits per heavy atom. The highest BCUT2D eigenvalue weighted by atomic mass is 32.2. The molecular formula is C23H31N3O4S. The van der Waals surface area contributed by atoms with Gasteiger partial charge in [0.25, 0.3) is 0 Å². The lowest BCUT2D eigenvalue weighted by molar-refractivity contribution is -0.157. The standard InChI is InChI=1S/C23H31N3O4S/c1-22(2,3)29-19(27)18(26-21(28)30-23(4,5)6)14-16-13-17(25-20(24-16)31-7)15-11-9-8-10-12-15/h8-13,18H,14H2,1-7H3,(H,26,28). The van der Waals surface area contributed by atoms with Crippen LogP contribution in [0.4, 0.5) is 4.79 Å². The zero-order chi connectivity index (χ0) is 23.2. The Morgan fingerprint density at radius 1 is 1.00 bits per heavy atom. The molecule has 2 rings (SSSR count). The van der Waals surface area contributed by atoms with Gasteiger partial charge < -0.3 is 14.8 Å². The van der Waals surface area contributed by atoms with Gasteiger partial charge in [0.05, 0.1) is 5.69 Å². The van der Waals surface area contributed by atoms with Gasteiger partial charge in [-0.25, -0.2) is 19.6 Å². The van der Waals surface area contributed by atoms with E-state index in [1.54, 1.807) is 41.5 Å². The van der Waals surface area contributed by atoms with Crippen molar-refractivity contribution < 1.29 is 19.1 Å². The fraction of sp³-hybridized carbons (Fsp3) is 0.478. The van der Waals surface area contributed by atoms with Gasteiger partial charge in [0, 0.05) is 17.7 Å². The third kappa shape index (κ3) is 8.57. The van der Waals surface area contributed by atoms with Gasteiger partial charge in [-0.15, -0.1) is 0 Å². The molecule has 8 heteroatoms. The lowest BCUT2D eigenvalue weighted by Gasteiger charge is -2.26. The molecule has 0 radical (unpaired) electrons. The van der Waals surface area contributed by atoms with Crippen molar-refractivity contribution in [1.29, 1.82) is 0 Å². The summed E-state index contributed by atoms with van der Waals surface area (Å²) in [7, 11) is 0. The molecule has 0 spiro atoms. The molecule has 0 saturated heterocycles. The highest BCUT2D eigenvalue weighted by molar-refractivity contribution is 7.98. The number of carbonyl (C=O) groups excluding carboxylic acids is 2. The van der Waals surface area contributed by atoms with Crippen molar-refractivity contribution in [2.45, 2.75) is 70.4 Å². The smallest absolute Gasteiger partial charge is 0.408 e. The molecule has 1 heterocycles. The lowest BCUT2D eigenvalue weighted by Crippen LogP contribution is -2.47. The number of nitrogens with zero attached hydrogens (tertiary/aromatic N) is 2. The van der Waals surface area contributed by atoms with Gasteiger partial charge in [-0.2, -0.15) is 0 Å².